The smallest absolute Gasteiger partial charge is 0.212 e. The van der Waals surface area contributed by atoms with Gasteiger partial charge in [0.25, 0.3) is 0 Å². The number of fused-ring (bicyclic) bond motifs is 5. The summed E-state index contributed by atoms with van der Waals surface area (Å²) < 4.78 is 0. The van der Waals surface area contributed by atoms with E-state index in [0.717, 1.165) is 59.4 Å². The Morgan fingerprint density at radius 3 is 1.86 bits per heavy atom. The van der Waals surface area contributed by atoms with Crippen LogP contribution in [-0.4, -0.2) is 28.8 Å². The number of nitrogens with zero attached hydrogens (tertiary/aromatic N) is 4. The van der Waals surface area contributed by atoms with Crippen molar-refractivity contribution in [2.75, 3.05) is 0 Å². The molecule has 4 aliphatic carbocycles. The fourth-order valence-electron chi connectivity index (χ4n) is 7.40. The van der Waals surface area contributed by atoms with E-state index in [4.69, 9.17) is 4.99 Å². The Hall–Kier alpha value is -4.31. The predicted molar refractivity (Wildman–Crippen MR) is 168 cm³/mol. The number of ketones is 3. The van der Waals surface area contributed by atoms with Crippen molar-refractivity contribution in [3.63, 3.8) is 0 Å². The Bertz CT molecular complexity index is 1910. The molecule has 9 heteroatoms. The van der Waals surface area contributed by atoms with E-state index in [9.17, 15) is 24.9 Å². The van der Waals surface area contributed by atoms with Crippen LogP contribution in [-0.2, 0) is 15.0 Å². The van der Waals surface area contributed by atoms with Gasteiger partial charge in [0.05, 0.1) is 9.75 Å². The summed E-state index contributed by atoms with van der Waals surface area (Å²) in [4.78, 5) is 51.3. The molecule has 0 amide bonds. The molecule has 0 bridgehead atoms. The standard InChI is InChI=1S/C34H26N4O3S2/c1-3-34(4-2)22-13-24(37-27-26(17(15-35)16-36)18-9-5-6-10-19(18)29(27)39)42-32(22)33-23(34)14-25(43-33)38-28-30(40)20-11-7-8-12-21(20)31(28)41/h5-6,9-10,13-14,20-21H,3-4,7-8,11-12H2,1-2H3. The number of hydrogen-bond acceptors (Lipinski definition) is 9. The maximum absolute atomic E-state index is 13.4. The first-order chi connectivity index (χ1) is 20.9. The summed E-state index contributed by atoms with van der Waals surface area (Å²) in [5, 5.41) is 20.6. The molecule has 4 aliphatic rings. The SMILES string of the molecule is CCC1(CC)c2cc(N=C3C(=O)C4CCCCC4C3=O)sc2-c2sc(N=C3C(=O)c4ccccc4C3=C(C#N)C#N)cc21. The Morgan fingerprint density at radius 1 is 0.837 bits per heavy atom. The first-order valence-corrected chi connectivity index (χ1v) is 16.2. The van der Waals surface area contributed by atoms with Crippen LogP contribution >= 0.6 is 22.7 Å². The minimum absolute atomic E-state index is 0.101. The average molecular weight is 603 g/mol. The molecular formula is C34H26N4O3S2. The zero-order chi connectivity index (χ0) is 30.0. The van der Waals surface area contributed by atoms with Crippen LogP contribution in [0.1, 0.15) is 79.4 Å². The number of aliphatic imine (C=N–C) groups is 2. The Kier molecular flexibility index (Phi) is 6.50. The third-order valence-corrected chi connectivity index (χ3v) is 11.8. The van der Waals surface area contributed by atoms with E-state index in [1.165, 1.54) is 22.7 Å². The van der Waals surface area contributed by atoms with Gasteiger partial charge >= 0.3 is 0 Å². The number of carbonyl (C=O) groups excluding carboxylic acids is 3. The van der Waals surface area contributed by atoms with Crippen molar-refractivity contribution in [1.82, 2.24) is 0 Å². The summed E-state index contributed by atoms with van der Waals surface area (Å²) in [6, 6.07) is 14.9. The predicted octanol–water partition coefficient (Wildman–Crippen LogP) is 7.70. The molecule has 0 aliphatic heterocycles. The molecule has 0 N–H and O–H groups in total. The highest BCUT2D eigenvalue weighted by molar-refractivity contribution is 7.26. The van der Waals surface area contributed by atoms with Crippen LogP contribution < -0.4 is 0 Å². The largest absolute Gasteiger partial charge is 0.292 e. The molecule has 2 unspecified atom stereocenters. The molecule has 2 aromatic heterocycles. The molecule has 7 rings (SSSR count). The number of rotatable bonds is 4. The number of hydrogen-bond donors (Lipinski definition) is 0. The minimum Gasteiger partial charge on any atom is -0.292 e. The van der Waals surface area contributed by atoms with Crippen LogP contribution in [0.4, 0.5) is 10.0 Å². The van der Waals surface area contributed by atoms with Crippen LogP contribution in [0.15, 0.2) is 52.0 Å². The molecule has 0 saturated heterocycles. The summed E-state index contributed by atoms with van der Waals surface area (Å²) >= 11 is 2.96. The number of thiophene rings is 2. The molecule has 3 aromatic rings. The van der Waals surface area contributed by atoms with Gasteiger partial charge in [-0.3, -0.25) is 14.4 Å². The molecule has 0 spiro atoms. The highest BCUT2D eigenvalue weighted by Gasteiger charge is 2.48. The molecular weight excluding hydrogens is 577 g/mol. The number of benzene rings is 1. The monoisotopic (exact) mass is 602 g/mol. The summed E-state index contributed by atoms with van der Waals surface area (Å²) in [6.45, 7) is 4.29. The first-order valence-electron chi connectivity index (χ1n) is 14.6. The lowest BCUT2D eigenvalue weighted by molar-refractivity contribution is -0.120. The van der Waals surface area contributed by atoms with Crippen LogP contribution in [0.5, 0.6) is 0 Å². The van der Waals surface area contributed by atoms with E-state index in [2.05, 4.69) is 18.8 Å². The van der Waals surface area contributed by atoms with Crippen LogP contribution in [0.25, 0.3) is 15.3 Å². The van der Waals surface area contributed by atoms with Crippen LogP contribution in [0.2, 0.25) is 0 Å². The van der Waals surface area contributed by atoms with E-state index >= 15 is 0 Å². The number of Topliss-reactive ketones (excluding diaryl/α,β-unsaturated/α-hetero) is 3. The Balaban J connectivity index is 1.33. The van der Waals surface area contributed by atoms with Crippen molar-refractivity contribution in [3.05, 3.63) is 64.2 Å². The van der Waals surface area contributed by atoms with Gasteiger partial charge in [-0.15, -0.1) is 22.7 Å². The van der Waals surface area contributed by atoms with Crippen molar-refractivity contribution in [2.45, 2.75) is 57.8 Å². The van der Waals surface area contributed by atoms with Gasteiger partial charge in [-0.1, -0.05) is 51.0 Å². The molecule has 2 fully saturated rings. The normalized spacial score (nSPS) is 22.2. The molecule has 1 aromatic carbocycles. The summed E-state index contributed by atoms with van der Waals surface area (Å²) in [5.74, 6) is -0.936. The second-order valence-electron chi connectivity index (χ2n) is 11.4. The van der Waals surface area contributed by atoms with Gasteiger partial charge in [0.15, 0.2) is 17.3 Å². The minimum atomic E-state index is -0.305. The zero-order valence-electron chi connectivity index (χ0n) is 23.7. The second kappa shape index (κ2) is 10.2. The quantitative estimate of drug-likeness (QED) is 0.283. The third kappa shape index (κ3) is 3.85. The van der Waals surface area contributed by atoms with Gasteiger partial charge in [0, 0.05) is 28.4 Å². The fraction of sp³-hybridized carbons (Fsp3) is 0.324. The number of nitriles is 2. The van der Waals surface area contributed by atoms with Crippen LogP contribution in [0.3, 0.4) is 0 Å². The first kappa shape index (κ1) is 27.5. The summed E-state index contributed by atoms with van der Waals surface area (Å²) in [6.07, 6.45) is 5.15. The lowest BCUT2D eigenvalue weighted by Gasteiger charge is -2.27. The molecule has 0 radical (unpaired) electrons. The van der Waals surface area contributed by atoms with E-state index < -0.39 is 0 Å². The molecule has 7 nitrogen and oxygen atoms in total. The lowest BCUT2D eigenvalue weighted by atomic mass is 9.75. The highest BCUT2D eigenvalue weighted by atomic mass is 32.1. The van der Waals surface area contributed by atoms with Gasteiger partial charge in [-0.05, 0) is 54.5 Å². The van der Waals surface area contributed by atoms with Gasteiger partial charge in [0.1, 0.15) is 33.4 Å². The Morgan fingerprint density at radius 2 is 1.35 bits per heavy atom. The van der Waals surface area contributed by atoms with E-state index in [1.807, 2.05) is 24.3 Å². The van der Waals surface area contributed by atoms with Gasteiger partial charge < -0.3 is 0 Å². The number of carbonyl (C=O) groups is 3. The topological polar surface area (TPSA) is 124 Å². The van der Waals surface area contributed by atoms with Gasteiger partial charge in [0.2, 0.25) is 5.78 Å². The van der Waals surface area contributed by atoms with Crippen molar-refractivity contribution >= 4 is 67.0 Å². The molecule has 43 heavy (non-hydrogen) atoms. The highest BCUT2D eigenvalue weighted by Crippen LogP contribution is 2.61. The van der Waals surface area contributed by atoms with Crippen molar-refractivity contribution in [1.29, 1.82) is 10.5 Å². The van der Waals surface area contributed by atoms with E-state index in [-0.39, 0.29) is 57.2 Å². The maximum Gasteiger partial charge on any atom is 0.212 e. The summed E-state index contributed by atoms with van der Waals surface area (Å²) in [5.41, 5.74) is 3.32. The average Bonchev–Trinajstić information content (AvgIpc) is 3.80. The lowest BCUT2D eigenvalue weighted by Crippen LogP contribution is -2.22. The number of allylic oxidation sites excluding steroid dienone is 2. The molecule has 2 atom stereocenters. The van der Waals surface area contributed by atoms with Crippen molar-refractivity contribution in [3.8, 4) is 21.9 Å². The van der Waals surface area contributed by atoms with Crippen LogP contribution in [0, 0.1) is 34.5 Å². The Labute approximate surface area is 256 Å². The third-order valence-electron chi connectivity index (χ3n) is 9.60. The van der Waals surface area contributed by atoms with E-state index in [0.29, 0.717) is 21.1 Å². The zero-order valence-corrected chi connectivity index (χ0v) is 25.3. The fourth-order valence-corrected chi connectivity index (χ4v) is 9.83. The summed E-state index contributed by atoms with van der Waals surface area (Å²) in [7, 11) is 0. The molecule has 2 saturated carbocycles. The van der Waals surface area contributed by atoms with Gasteiger partial charge in [-0.2, -0.15) is 10.5 Å². The second-order valence-corrected chi connectivity index (χ2v) is 13.5. The van der Waals surface area contributed by atoms with Crippen molar-refractivity contribution in [2.24, 2.45) is 21.8 Å². The maximum atomic E-state index is 13.4. The van der Waals surface area contributed by atoms with Crippen molar-refractivity contribution < 1.29 is 14.4 Å². The molecule has 212 valence electrons. The molecule has 2 heterocycles. The van der Waals surface area contributed by atoms with E-state index in [1.54, 1.807) is 24.3 Å². The van der Waals surface area contributed by atoms with Gasteiger partial charge in [-0.25, -0.2) is 9.98 Å².